The molecule has 5 heteroatoms. The molecule has 0 unspecified atom stereocenters. The fourth-order valence-corrected chi connectivity index (χ4v) is 3.25. The van der Waals surface area contributed by atoms with Crippen molar-refractivity contribution in [2.45, 2.75) is 19.4 Å². The minimum atomic E-state index is -0.180. The maximum atomic E-state index is 12.5. The Morgan fingerprint density at radius 2 is 1.43 bits per heavy atom. The van der Waals surface area contributed by atoms with E-state index in [1.165, 1.54) is 5.56 Å². The van der Waals surface area contributed by atoms with Crippen LogP contribution in [0.4, 0.5) is 17.1 Å². The van der Waals surface area contributed by atoms with Gasteiger partial charge in [-0.1, -0.05) is 30.3 Å². The summed E-state index contributed by atoms with van der Waals surface area (Å²) in [5.41, 5.74) is 4.32. The molecular formula is C25H25N3O2. The van der Waals surface area contributed by atoms with E-state index in [2.05, 4.69) is 27.7 Å². The Kier molecular flexibility index (Phi) is 5.80. The van der Waals surface area contributed by atoms with Crippen LogP contribution in [0.1, 0.15) is 28.8 Å². The molecular weight excluding hydrogens is 374 g/mol. The van der Waals surface area contributed by atoms with Gasteiger partial charge in [0.1, 0.15) is 0 Å². The average Bonchev–Trinajstić information content (AvgIpc) is 3.61. The molecule has 0 atom stereocenters. The molecule has 0 heterocycles. The van der Waals surface area contributed by atoms with E-state index in [0.717, 1.165) is 30.8 Å². The summed E-state index contributed by atoms with van der Waals surface area (Å²) in [7, 11) is 2.05. The summed E-state index contributed by atoms with van der Waals surface area (Å²) >= 11 is 0. The number of nitrogens with one attached hydrogen (secondary N) is 2. The number of benzene rings is 3. The van der Waals surface area contributed by atoms with Crippen molar-refractivity contribution in [3.63, 3.8) is 0 Å². The van der Waals surface area contributed by atoms with Gasteiger partial charge in [0.2, 0.25) is 5.91 Å². The molecule has 2 N–H and O–H groups in total. The molecule has 1 saturated carbocycles. The van der Waals surface area contributed by atoms with Gasteiger partial charge in [0.05, 0.1) is 0 Å². The van der Waals surface area contributed by atoms with E-state index >= 15 is 0 Å². The molecule has 4 rings (SSSR count). The quantitative estimate of drug-likeness (QED) is 0.593. The van der Waals surface area contributed by atoms with Crippen LogP contribution in [-0.4, -0.2) is 18.9 Å². The third kappa shape index (κ3) is 5.06. The zero-order valence-corrected chi connectivity index (χ0v) is 17.0. The first-order valence-corrected chi connectivity index (χ1v) is 10.2. The molecule has 3 aromatic carbocycles. The second kappa shape index (κ2) is 8.82. The van der Waals surface area contributed by atoms with Crippen LogP contribution in [0, 0.1) is 5.92 Å². The summed E-state index contributed by atoms with van der Waals surface area (Å²) in [5.74, 6) is 0.0349. The minimum absolute atomic E-state index is 0.0597. The lowest BCUT2D eigenvalue weighted by Gasteiger charge is -2.20. The highest BCUT2D eigenvalue weighted by molar-refractivity contribution is 6.04. The SMILES string of the molecule is CN(Cc1ccccc1)c1ccc(NC(=O)c2ccc(NC(=O)C3CC3)cc2)cc1. The van der Waals surface area contributed by atoms with Gasteiger partial charge in [-0.2, -0.15) is 0 Å². The van der Waals surface area contributed by atoms with Crippen molar-refractivity contribution in [3.8, 4) is 0 Å². The van der Waals surface area contributed by atoms with Crippen molar-refractivity contribution in [1.82, 2.24) is 0 Å². The highest BCUT2D eigenvalue weighted by Crippen LogP contribution is 2.30. The highest BCUT2D eigenvalue weighted by atomic mass is 16.2. The van der Waals surface area contributed by atoms with Crippen molar-refractivity contribution in [2.24, 2.45) is 5.92 Å². The molecule has 1 aliphatic rings. The van der Waals surface area contributed by atoms with E-state index in [1.807, 2.05) is 49.5 Å². The first kappa shape index (κ1) is 19.7. The van der Waals surface area contributed by atoms with E-state index in [0.29, 0.717) is 11.3 Å². The zero-order valence-electron chi connectivity index (χ0n) is 17.0. The second-order valence-electron chi connectivity index (χ2n) is 7.68. The Morgan fingerprint density at radius 1 is 0.833 bits per heavy atom. The van der Waals surface area contributed by atoms with E-state index in [-0.39, 0.29) is 17.7 Å². The lowest BCUT2D eigenvalue weighted by Crippen LogP contribution is -2.16. The molecule has 0 bridgehead atoms. The Hall–Kier alpha value is -3.60. The topological polar surface area (TPSA) is 61.4 Å². The van der Waals surface area contributed by atoms with Gasteiger partial charge in [0, 0.05) is 42.1 Å². The summed E-state index contributed by atoms with van der Waals surface area (Å²) in [6.07, 6.45) is 1.93. The number of hydrogen-bond acceptors (Lipinski definition) is 3. The molecule has 0 radical (unpaired) electrons. The maximum Gasteiger partial charge on any atom is 0.255 e. The molecule has 0 aliphatic heterocycles. The van der Waals surface area contributed by atoms with E-state index in [1.54, 1.807) is 24.3 Å². The summed E-state index contributed by atoms with van der Waals surface area (Å²) in [6, 6.07) is 25.1. The molecule has 2 amide bonds. The van der Waals surface area contributed by atoms with E-state index in [4.69, 9.17) is 0 Å². The third-order valence-electron chi connectivity index (χ3n) is 5.19. The van der Waals surface area contributed by atoms with Gasteiger partial charge in [-0.05, 0) is 66.9 Å². The molecule has 0 saturated heterocycles. The Balaban J connectivity index is 1.33. The Labute approximate surface area is 176 Å². The van der Waals surface area contributed by atoms with Crippen molar-refractivity contribution < 1.29 is 9.59 Å². The molecule has 0 aromatic heterocycles. The van der Waals surface area contributed by atoms with Gasteiger partial charge in [-0.15, -0.1) is 0 Å². The van der Waals surface area contributed by atoms with Gasteiger partial charge in [0.25, 0.3) is 5.91 Å². The van der Waals surface area contributed by atoms with Gasteiger partial charge >= 0.3 is 0 Å². The van der Waals surface area contributed by atoms with Crippen molar-refractivity contribution >= 4 is 28.9 Å². The highest BCUT2D eigenvalue weighted by Gasteiger charge is 2.29. The minimum Gasteiger partial charge on any atom is -0.370 e. The van der Waals surface area contributed by atoms with Crippen molar-refractivity contribution in [1.29, 1.82) is 0 Å². The van der Waals surface area contributed by atoms with Crippen LogP contribution in [0.15, 0.2) is 78.9 Å². The van der Waals surface area contributed by atoms with Crippen LogP contribution in [0.3, 0.4) is 0 Å². The fraction of sp³-hybridized carbons (Fsp3) is 0.200. The van der Waals surface area contributed by atoms with E-state index in [9.17, 15) is 9.59 Å². The summed E-state index contributed by atoms with van der Waals surface area (Å²) in [5, 5.41) is 5.80. The van der Waals surface area contributed by atoms with Gasteiger partial charge in [-0.3, -0.25) is 9.59 Å². The maximum absolute atomic E-state index is 12.5. The molecule has 30 heavy (non-hydrogen) atoms. The lowest BCUT2D eigenvalue weighted by molar-refractivity contribution is -0.117. The van der Waals surface area contributed by atoms with Crippen LogP contribution in [0.2, 0.25) is 0 Å². The molecule has 5 nitrogen and oxygen atoms in total. The normalized spacial score (nSPS) is 12.8. The summed E-state index contributed by atoms with van der Waals surface area (Å²) in [4.78, 5) is 26.5. The third-order valence-corrected chi connectivity index (χ3v) is 5.19. The molecule has 3 aromatic rings. The standard InChI is InChI=1S/C25H25N3O2/c1-28(17-18-5-3-2-4-6-18)23-15-13-22(14-16-23)27-25(30)20-9-11-21(12-10-20)26-24(29)19-7-8-19/h2-6,9-16,19H,7-8,17H2,1H3,(H,26,29)(H,27,30). The largest absolute Gasteiger partial charge is 0.370 e. The van der Waals surface area contributed by atoms with Crippen LogP contribution in [0.25, 0.3) is 0 Å². The lowest BCUT2D eigenvalue weighted by atomic mass is 10.1. The molecule has 0 spiro atoms. The number of amides is 2. The monoisotopic (exact) mass is 399 g/mol. The summed E-state index contributed by atoms with van der Waals surface area (Å²) < 4.78 is 0. The molecule has 152 valence electrons. The number of nitrogens with zero attached hydrogens (tertiary/aromatic N) is 1. The Morgan fingerprint density at radius 3 is 2.07 bits per heavy atom. The smallest absolute Gasteiger partial charge is 0.255 e. The van der Waals surface area contributed by atoms with Gasteiger partial charge < -0.3 is 15.5 Å². The number of carbonyl (C=O) groups is 2. The predicted molar refractivity (Wildman–Crippen MR) is 121 cm³/mol. The first-order chi connectivity index (χ1) is 14.6. The zero-order chi connectivity index (χ0) is 20.9. The first-order valence-electron chi connectivity index (χ1n) is 10.2. The van der Waals surface area contributed by atoms with Crippen LogP contribution >= 0.6 is 0 Å². The number of rotatable bonds is 7. The summed E-state index contributed by atoms with van der Waals surface area (Å²) in [6.45, 7) is 0.816. The van der Waals surface area contributed by atoms with Crippen LogP contribution in [0.5, 0.6) is 0 Å². The van der Waals surface area contributed by atoms with Crippen LogP contribution < -0.4 is 15.5 Å². The number of hydrogen-bond donors (Lipinski definition) is 2. The molecule has 1 aliphatic carbocycles. The van der Waals surface area contributed by atoms with E-state index < -0.39 is 0 Å². The number of carbonyl (C=O) groups excluding carboxylic acids is 2. The predicted octanol–water partition coefficient (Wildman–Crippen LogP) is 4.92. The van der Waals surface area contributed by atoms with Crippen molar-refractivity contribution in [3.05, 3.63) is 90.0 Å². The molecule has 1 fully saturated rings. The Bertz CT molecular complexity index is 1010. The fourth-order valence-electron chi connectivity index (χ4n) is 3.25. The van der Waals surface area contributed by atoms with Gasteiger partial charge in [-0.25, -0.2) is 0 Å². The van der Waals surface area contributed by atoms with Crippen molar-refractivity contribution in [2.75, 3.05) is 22.6 Å². The number of anilines is 3. The van der Waals surface area contributed by atoms with Gasteiger partial charge in [0.15, 0.2) is 0 Å². The average molecular weight is 399 g/mol. The van der Waals surface area contributed by atoms with Crippen LogP contribution in [-0.2, 0) is 11.3 Å². The second-order valence-corrected chi connectivity index (χ2v) is 7.68.